The van der Waals surface area contributed by atoms with E-state index < -0.39 is 0 Å². The van der Waals surface area contributed by atoms with Crippen LogP contribution < -0.4 is 5.32 Å². The van der Waals surface area contributed by atoms with E-state index in [2.05, 4.69) is 17.0 Å². The average Bonchev–Trinajstić information content (AvgIpc) is 2.53. The molecule has 1 aromatic heterocycles. The zero-order valence-electron chi connectivity index (χ0n) is 7.66. The van der Waals surface area contributed by atoms with Gasteiger partial charge in [-0.1, -0.05) is 12.2 Å². The van der Waals surface area contributed by atoms with Gasteiger partial charge in [0.15, 0.2) is 0 Å². The molecule has 13 heavy (non-hydrogen) atoms. The summed E-state index contributed by atoms with van der Waals surface area (Å²) >= 11 is 0. The molecule has 0 saturated carbocycles. The molecule has 1 aromatic rings. The third-order valence-corrected chi connectivity index (χ3v) is 1.45. The first-order valence-corrected chi connectivity index (χ1v) is 4.07. The molecule has 1 heterocycles. The van der Waals surface area contributed by atoms with Crippen molar-refractivity contribution in [3.63, 3.8) is 0 Å². The van der Waals surface area contributed by atoms with E-state index >= 15 is 0 Å². The Morgan fingerprint density at radius 2 is 2.46 bits per heavy atom. The molecule has 0 aliphatic heterocycles. The van der Waals surface area contributed by atoms with Crippen LogP contribution in [0.4, 0.5) is 0 Å². The van der Waals surface area contributed by atoms with E-state index in [1.165, 1.54) is 0 Å². The SMILES string of the molecule is C=C(C)CNC(=O)Cn1cccn1. The van der Waals surface area contributed by atoms with Crippen molar-refractivity contribution in [1.29, 1.82) is 0 Å². The maximum Gasteiger partial charge on any atom is 0.241 e. The fourth-order valence-corrected chi connectivity index (χ4v) is 0.846. The van der Waals surface area contributed by atoms with E-state index in [4.69, 9.17) is 0 Å². The summed E-state index contributed by atoms with van der Waals surface area (Å²) in [6.45, 7) is 6.35. The summed E-state index contributed by atoms with van der Waals surface area (Å²) in [6.07, 6.45) is 3.40. The van der Waals surface area contributed by atoms with Crippen LogP contribution in [-0.2, 0) is 11.3 Å². The highest BCUT2D eigenvalue weighted by Crippen LogP contribution is 1.86. The lowest BCUT2D eigenvalue weighted by atomic mass is 10.3. The van der Waals surface area contributed by atoms with Crippen molar-refractivity contribution in [3.05, 3.63) is 30.6 Å². The summed E-state index contributed by atoms with van der Waals surface area (Å²) in [4.78, 5) is 11.2. The van der Waals surface area contributed by atoms with Crippen molar-refractivity contribution in [2.75, 3.05) is 6.54 Å². The van der Waals surface area contributed by atoms with Gasteiger partial charge in [0.05, 0.1) is 0 Å². The first-order chi connectivity index (χ1) is 6.18. The van der Waals surface area contributed by atoms with Crippen molar-refractivity contribution >= 4 is 5.91 Å². The number of nitrogens with one attached hydrogen (secondary N) is 1. The Bertz CT molecular complexity index is 290. The Hall–Kier alpha value is -1.58. The second kappa shape index (κ2) is 4.45. The number of rotatable bonds is 4. The molecule has 0 bridgehead atoms. The summed E-state index contributed by atoms with van der Waals surface area (Å²) in [5.41, 5.74) is 0.939. The molecule has 0 aliphatic carbocycles. The number of carbonyl (C=O) groups is 1. The number of amides is 1. The van der Waals surface area contributed by atoms with Crippen LogP contribution in [0.15, 0.2) is 30.6 Å². The van der Waals surface area contributed by atoms with Gasteiger partial charge in [0.2, 0.25) is 5.91 Å². The molecule has 0 unspecified atom stereocenters. The van der Waals surface area contributed by atoms with Crippen molar-refractivity contribution in [1.82, 2.24) is 15.1 Å². The minimum Gasteiger partial charge on any atom is -0.351 e. The topological polar surface area (TPSA) is 46.9 Å². The van der Waals surface area contributed by atoms with Crippen LogP contribution in [0.2, 0.25) is 0 Å². The van der Waals surface area contributed by atoms with Gasteiger partial charge in [-0.15, -0.1) is 0 Å². The quantitative estimate of drug-likeness (QED) is 0.687. The van der Waals surface area contributed by atoms with Crippen LogP contribution in [0, 0.1) is 0 Å². The molecular weight excluding hydrogens is 166 g/mol. The number of hydrogen-bond acceptors (Lipinski definition) is 2. The monoisotopic (exact) mass is 179 g/mol. The predicted octanol–water partition coefficient (Wildman–Crippen LogP) is 0.575. The first kappa shape index (κ1) is 9.51. The van der Waals surface area contributed by atoms with E-state index in [0.29, 0.717) is 6.54 Å². The Labute approximate surface area is 77.3 Å². The van der Waals surface area contributed by atoms with Crippen molar-refractivity contribution in [3.8, 4) is 0 Å². The van der Waals surface area contributed by atoms with E-state index in [0.717, 1.165) is 5.57 Å². The normalized spacial score (nSPS) is 9.62. The molecule has 0 radical (unpaired) electrons. The van der Waals surface area contributed by atoms with Crippen LogP contribution in [0.25, 0.3) is 0 Å². The first-order valence-electron chi connectivity index (χ1n) is 4.07. The molecule has 4 nitrogen and oxygen atoms in total. The van der Waals surface area contributed by atoms with Gasteiger partial charge < -0.3 is 5.32 Å². The van der Waals surface area contributed by atoms with Crippen molar-refractivity contribution in [2.24, 2.45) is 0 Å². The van der Waals surface area contributed by atoms with Crippen LogP contribution in [-0.4, -0.2) is 22.2 Å². The highest BCUT2D eigenvalue weighted by Gasteiger charge is 2.00. The zero-order valence-corrected chi connectivity index (χ0v) is 7.66. The molecule has 0 aliphatic rings. The Morgan fingerprint density at radius 1 is 1.69 bits per heavy atom. The molecule has 4 heteroatoms. The van der Waals surface area contributed by atoms with Crippen LogP contribution in [0.1, 0.15) is 6.92 Å². The average molecular weight is 179 g/mol. The third kappa shape index (κ3) is 3.55. The fraction of sp³-hybridized carbons (Fsp3) is 0.333. The summed E-state index contributed by atoms with van der Waals surface area (Å²) in [5.74, 6) is -0.0494. The largest absolute Gasteiger partial charge is 0.351 e. The highest BCUT2D eigenvalue weighted by atomic mass is 16.2. The standard InChI is InChI=1S/C9H13N3O/c1-8(2)6-10-9(13)7-12-5-3-4-11-12/h3-5H,1,6-7H2,2H3,(H,10,13). The minimum atomic E-state index is -0.0494. The van der Waals surface area contributed by atoms with E-state index in [1.807, 2.05) is 6.92 Å². The van der Waals surface area contributed by atoms with Crippen molar-refractivity contribution in [2.45, 2.75) is 13.5 Å². The lowest BCUT2D eigenvalue weighted by molar-refractivity contribution is -0.121. The van der Waals surface area contributed by atoms with Gasteiger partial charge >= 0.3 is 0 Å². The van der Waals surface area contributed by atoms with Gasteiger partial charge in [-0.3, -0.25) is 9.48 Å². The van der Waals surface area contributed by atoms with E-state index in [9.17, 15) is 4.79 Å². The van der Waals surface area contributed by atoms with E-state index in [-0.39, 0.29) is 12.5 Å². The number of nitrogens with zero attached hydrogens (tertiary/aromatic N) is 2. The lowest BCUT2D eigenvalue weighted by Gasteiger charge is -2.04. The van der Waals surface area contributed by atoms with Gasteiger partial charge in [-0.2, -0.15) is 5.10 Å². The third-order valence-electron chi connectivity index (χ3n) is 1.45. The Kier molecular flexibility index (Phi) is 3.25. The maximum atomic E-state index is 11.2. The molecule has 1 rings (SSSR count). The summed E-state index contributed by atoms with van der Waals surface area (Å²) in [6, 6.07) is 1.78. The Morgan fingerprint density at radius 3 is 3.00 bits per heavy atom. The molecule has 0 aromatic carbocycles. The summed E-state index contributed by atoms with van der Waals surface area (Å²) < 4.78 is 1.58. The predicted molar refractivity (Wildman–Crippen MR) is 50.1 cm³/mol. The fourth-order valence-electron chi connectivity index (χ4n) is 0.846. The van der Waals surface area contributed by atoms with E-state index in [1.54, 1.807) is 23.1 Å². The Balaban J connectivity index is 2.30. The smallest absolute Gasteiger partial charge is 0.241 e. The number of hydrogen-bond donors (Lipinski definition) is 1. The highest BCUT2D eigenvalue weighted by molar-refractivity contribution is 5.75. The van der Waals surface area contributed by atoms with Crippen LogP contribution >= 0.6 is 0 Å². The molecule has 0 atom stereocenters. The van der Waals surface area contributed by atoms with Gasteiger partial charge in [0.1, 0.15) is 6.54 Å². The minimum absolute atomic E-state index is 0.0494. The zero-order chi connectivity index (χ0) is 9.68. The summed E-state index contributed by atoms with van der Waals surface area (Å²) in [5, 5.41) is 6.64. The van der Waals surface area contributed by atoms with Gasteiger partial charge in [0.25, 0.3) is 0 Å². The molecule has 70 valence electrons. The number of carbonyl (C=O) groups excluding carboxylic acids is 1. The molecule has 1 N–H and O–H groups in total. The van der Waals surface area contributed by atoms with Gasteiger partial charge in [-0.05, 0) is 13.0 Å². The molecule has 0 spiro atoms. The molecule has 1 amide bonds. The lowest BCUT2D eigenvalue weighted by Crippen LogP contribution is -2.28. The van der Waals surface area contributed by atoms with Crippen molar-refractivity contribution < 1.29 is 4.79 Å². The van der Waals surface area contributed by atoms with Crippen LogP contribution in [0.5, 0.6) is 0 Å². The second-order valence-corrected chi connectivity index (χ2v) is 2.94. The second-order valence-electron chi connectivity index (χ2n) is 2.94. The number of aromatic nitrogens is 2. The maximum absolute atomic E-state index is 11.2. The van der Waals surface area contributed by atoms with Gasteiger partial charge in [-0.25, -0.2) is 0 Å². The van der Waals surface area contributed by atoms with Crippen LogP contribution in [0.3, 0.4) is 0 Å². The van der Waals surface area contributed by atoms with Gasteiger partial charge in [0, 0.05) is 18.9 Å². The molecule has 0 saturated heterocycles. The molecule has 0 fully saturated rings. The summed E-state index contributed by atoms with van der Waals surface area (Å²) in [7, 11) is 0. The molecular formula is C9H13N3O.